The minimum Gasteiger partial charge on any atom is -0.394 e. The van der Waals surface area contributed by atoms with E-state index in [2.05, 4.69) is 10.3 Å². The minimum absolute atomic E-state index is 0.204. The van der Waals surface area contributed by atoms with Crippen molar-refractivity contribution >= 4 is 28.4 Å². The molecule has 39 heavy (non-hydrogen) atoms. The highest BCUT2D eigenvalue weighted by molar-refractivity contribution is 6.33. The molecule has 0 aliphatic heterocycles. The van der Waals surface area contributed by atoms with E-state index in [9.17, 15) is 27.5 Å². The summed E-state index contributed by atoms with van der Waals surface area (Å²) >= 11 is 6.43. The highest BCUT2D eigenvalue weighted by Crippen LogP contribution is 2.34. The Labute approximate surface area is 224 Å². The fraction of sp³-hybridized carbons (Fsp3) is 0.107. The molecule has 0 spiro atoms. The molecule has 0 saturated carbocycles. The fourth-order valence-corrected chi connectivity index (χ4v) is 4.37. The van der Waals surface area contributed by atoms with Crippen LogP contribution in [0.4, 0.5) is 17.6 Å². The van der Waals surface area contributed by atoms with Gasteiger partial charge in [0.05, 0.1) is 28.9 Å². The van der Waals surface area contributed by atoms with Crippen molar-refractivity contribution in [3.8, 4) is 16.9 Å². The lowest BCUT2D eigenvalue weighted by Gasteiger charge is -2.17. The maximum absolute atomic E-state index is 13.6. The molecule has 2 heterocycles. The second-order valence-electron chi connectivity index (χ2n) is 8.63. The summed E-state index contributed by atoms with van der Waals surface area (Å²) in [5, 5.41) is 18.3. The number of amides is 1. The molecule has 0 bridgehead atoms. The number of aliphatic hydroxyl groups excluding tert-OH is 1. The first-order chi connectivity index (χ1) is 18.7. The standard InChI is InChI=1S/C28H19ClF4N4O2/c29-22-4-2-1-3-20(22)26-21-11-5-16(13-24(21)37(36-26)19-9-7-18(30)8-10-19)27(39)35-23(15-38)17-6-12-25(34-14-17)28(31,32)33/h1-14,23,38H,15H2,(H,35,39)/t23-/m1/s1. The highest BCUT2D eigenvalue weighted by Gasteiger charge is 2.32. The molecule has 0 fully saturated rings. The first kappa shape index (κ1) is 26.3. The number of aromatic nitrogens is 3. The number of aliphatic hydroxyl groups is 1. The van der Waals surface area contributed by atoms with Gasteiger partial charge in [-0.15, -0.1) is 0 Å². The number of rotatable bonds is 6. The summed E-state index contributed by atoms with van der Waals surface area (Å²) in [6.07, 6.45) is -3.64. The van der Waals surface area contributed by atoms with Crippen LogP contribution < -0.4 is 5.32 Å². The van der Waals surface area contributed by atoms with E-state index in [1.54, 1.807) is 47.1 Å². The van der Waals surface area contributed by atoms with Gasteiger partial charge in [-0.1, -0.05) is 35.9 Å². The minimum atomic E-state index is -4.61. The van der Waals surface area contributed by atoms with E-state index >= 15 is 0 Å². The molecule has 11 heteroatoms. The predicted molar refractivity (Wildman–Crippen MR) is 138 cm³/mol. The monoisotopic (exact) mass is 554 g/mol. The lowest BCUT2D eigenvalue weighted by molar-refractivity contribution is -0.141. The third-order valence-electron chi connectivity index (χ3n) is 6.11. The van der Waals surface area contributed by atoms with Gasteiger partial charge in [0.1, 0.15) is 17.2 Å². The van der Waals surface area contributed by atoms with Crippen molar-refractivity contribution in [2.45, 2.75) is 12.2 Å². The van der Waals surface area contributed by atoms with Crippen LogP contribution in [0.25, 0.3) is 27.8 Å². The number of carbonyl (C=O) groups is 1. The largest absolute Gasteiger partial charge is 0.433 e. The first-order valence-corrected chi connectivity index (χ1v) is 12.0. The SMILES string of the molecule is O=C(N[C@H](CO)c1ccc(C(F)(F)F)nc1)c1ccc2c(-c3ccccc3Cl)nn(-c3ccc(F)cc3)c2c1. The van der Waals surface area contributed by atoms with E-state index in [0.29, 0.717) is 32.9 Å². The number of alkyl halides is 3. The van der Waals surface area contributed by atoms with Crippen molar-refractivity contribution < 1.29 is 27.5 Å². The van der Waals surface area contributed by atoms with E-state index in [1.165, 1.54) is 12.1 Å². The molecule has 0 aliphatic rings. The Morgan fingerprint density at radius 3 is 2.41 bits per heavy atom. The third-order valence-corrected chi connectivity index (χ3v) is 6.44. The summed E-state index contributed by atoms with van der Waals surface area (Å²) in [6.45, 7) is -0.564. The van der Waals surface area contributed by atoms with Gasteiger partial charge in [0.2, 0.25) is 0 Å². The average molecular weight is 555 g/mol. The number of benzene rings is 3. The number of carbonyl (C=O) groups excluding carboxylic acids is 1. The van der Waals surface area contributed by atoms with Gasteiger partial charge >= 0.3 is 6.18 Å². The molecule has 5 rings (SSSR count). The van der Waals surface area contributed by atoms with Crippen LogP contribution in [-0.2, 0) is 6.18 Å². The number of fused-ring (bicyclic) bond motifs is 1. The van der Waals surface area contributed by atoms with Crippen molar-refractivity contribution in [2.75, 3.05) is 6.61 Å². The van der Waals surface area contributed by atoms with Crippen LogP contribution in [0.1, 0.15) is 27.7 Å². The molecule has 0 radical (unpaired) electrons. The number of hydrogen-bond acceptors (Lipinski definition) is 4. The van der Waals surface area contributed by atoms with Gasteiger partial charge in [0, 0.05) is 22.7 Å². The van der Waals surface area contributed by atoms with Crippen molar-refractivity contribution in [1.29, 1.82) is 0 Å². The van der Waals surface area contributed by atoms with E-state index in [0.717, 1.165) is 18.3 Å². The van der Waals surface area contributed by atoms with E-state index in [-0.39, 0.29) is 11.1 Å². The van der Waals surface area contributed by atoms with Crippen molar-refractivity contribution in [2.24, 2.45) is 0 Å². The summed E-state index contributed by atoms with van der Waals surface area (Å²) in [5.41, 5.74) is 1.62. The Morgan fingerprint density at radius 2 is 1.77 bits per heavy atom. The number of halogens is 5. The Balaban J connectivity index is 1.53. The number of nitrogens with one attached hydrogen (secondary N) is 1. The molecule has 0 unspecified atom stereocenters. The maximum atomic E-state index is 13.6. The lowest BCUT2D eigenvalue weighted by Crippen LogP contribution is -2.31. The van der Waals surface area contributed by atoms with Crippen molar-refractivity contribution in [1.82, 2.24) is 20.1 Å². The van der Waals surface area contributed by atoms with E-state index < -0.39 is 36.2 Å². The van der Waals surface area contributed by atoms with Gasteiger partial charge in [-0.05, 0) is 60.2 Å². The van der Waals surface area contributed by atoms with Crippen LogP contribution in [0.15, 0.2) is 85.1 Å². The van der Waals surface area contributed by atoms with Gasteiger partial charge in [0.15, 0.2) is 0 Å². The Hall–Kier alpha value is -4.28. The normalized spacial score (nSPS) is 12.5. The zero-order valence-electron chi connectivity index (χ0n) is 20.0. The summed E-state index contributed by atoms with van der Waals surface area (Å²) in [4.78, 5) is 16.6. The predicted octanol–water partition coefficient (Wildman–Crippen LogP) is 6.36. The lowest BCUT2D eigenvalue weighted by atomic mass is 10.0. The molecular weight excluding hydrogens is 536 g/mol. The molecule has 2 aromatic heterocycles. The molecule has 1 amide bonds. The maximum Gasteiger partial charge on any atom is 0.433 e. The average Bonchev–Trinajstić information content (AvgIpc) is 3.30. The molecule has 0 saturated heterocycles. The summed E-state index contributed by atoms with van der Waals surface area (Å²) in [6, 6.07) is 18.6. The Bertz CT molecular complexity index is 1650. The molecule has 198 valence electrons. The molecular formula is C28H19ClF4N4O2. The topological polar surface area (TPSA) is 80.0 Å². The number of pyridine rings is 1. The number of hydrogen-bond donors (Lipinski definition) is 2. The quantitative estimate of drug-likeness (QED) is 0.239. The van der Waals surface area contributed by atoms with E-state index in [4.69, 9.17) is 16.7 Å². The van der Waals surface area contributed by atoms with Gasteiger partial charge in [0.25, 0.3) is 5.91 Å². The second-order valence-corrected chi connectivity index (χ2v) is 9.04. The smallest absolute Gasteiger partial charge is 0.394 e. The number of nitrogens with zero attached hydrogens (tertiary/aromatic N) is 3. The van der Waals surface area contributed by atoms with Crippen molar-refractivity contribution in [3.05, 3.63) is 113 Å². The Kier molecular flexibility index (Phi) is 7.07. The zero-order chi connectivity index (χ0) is 27.7. The summed E-state index contributed by atoms with van der Waals surface area (Å²) in [7, 11) is 0. The van der Waals surface area contributed by atoms with Crippen LogP contribution in [0.5, 0.6) is 0 Å². The summed E-state index contributed by atoms with van der Waals surface area (Å²) < 4.78 is 53.7. The molecule has 5 aromatic rings. The van der Waals surface area contributed by atoms with Crippen LogP contribution in [-0.4, -0.2) is 32.4 Å². The highest BCUT2D eigenvalue weighted by atomic mass is 35.5. The van der Waals surface area contributed by atoms with Gasteiger partial charge in [-0.2, -0.15) is 18.3 Å². The van der Waals surface area contributed by atoms with Gasteiger partial charge < -0.3 is 10.4 Å². The first-order valence-electron chi connectivity index (χ1n) is 11.6. The zero-order valence-corrected chi connectivity index (χ0v) is 20.7. The van der Waals surface area contributed by atoms with E-state index in [1.807, 2.05) is 12.1 Å². The third kappa shape index (κ3) is 5.34. The van der Waals surface area contributed by atoms with Crippen LogP contribution in [0, 0.1) is 5.82 Å². The summed E-state index contributed by atoms with van der Waals surface area (Å²) in [5.74, 6) is -1.00. The van der Waals surface area contributed by atoms with Gasteiger partial charge in [-0.3, -0.25) is 9.78 Å². The Morgan fingerprint density at radius 1 is 1.03 bits per heavy atom. The van der Waals surface area contributed by atoms with Gasteiger partial charge in [-0.25, -0.2) is 9.07 Å². The molecule has 3 aromatic carbocycles. The fourth-order valence-electron chi connectivity index (χ4n) is 4.14. The van der Waals surface area contributed by atoms with Crippen LogP contribution in [0.2, 0.25) is 5.02 Å². The van der Waals surface area contributed by atoms with Crippen LogP contribution in [0.3, 0.4) is 0 Å². The molecule has 1 atom stereocenters. The molecule has 2 N–H and O–H groups in total. The van der Waals surface area contributed by atoms with Crippen LogP contribution >= 0.6 is 11.6 Å². The second kappa shape index (κ2) is 10.5. The molecule has 6 nitrogen and oxygen atoms in total. The van der Waals surface area contributed by atoms with Crippen molar-refractivity contribution in [3.63, 3.8) is 0 Å². The molecule has 0 aliphatic carbocycles.